The van der Waals surface area contributed by atoms with Gasteiger partial charge in [-0.1, -0.05) is 0 Å². The molecule has 1 heterocycles. The number of sulfonamides is 1. The van der Waals surface area contributed by atoms with Gasteiger partial charge in [-0.25, -0.2) is 18.2 Å². The first kappa shape index (κ1) is 19.5. The molecule has 0 aliphatic rings. The molecule has 0 aliphatic heterocycles. The summed E-state index contributed by atoms with van der Waals surface area (Å²) >= 11 is 0. The highest BCUT2D eigenvalue weighted by atomic mass is 32.2. The molecule has 0 radical (unpaired) electrons. The molecule has 0 saturated carbocycles. The topological polar surface area (TPSA) is 121 Å². The molecule has 0 atom stereocenters. The van der Waals surface area contributed by atoms with E-state index in [-0.39, 0.29) is 16.8 Å². The maximum atomic E-state index is 13.7. The summed E-state index contributed by atoms with van der Waals surface area (Å²) in [5.74, 6) is 0. The van der Waals surface area contributed by atoms with Crippen LogP contribution in [0.4, 0.5) is 18.9 Å². The van der Waals surface area contributed by atoms with E-state index in [4.69, 9.17) is 5.14 Å². The number of nitrogens with zero attached hydrogens (tertiary/aromatic N) is 3. The fourth-order valence-corrected chi connectivity index (χ4v) is 3.38. The minimum Gasteiger partial charge on any atom is -0.258 e. The summed E-state index contributed by atoms with van der Waals surface area (Å²) in [4.78, 5) is 9.30. The molecule has 8 nitrogen and oxygen atoms in total. The van der Waals surface area contributed by atoms with Crippen LogP contribution in [0.15, 0.2) is 59.8 Å². The van der Waals surface area contributed by atoms with Gasteiger partial charge in [0.1, 0.15) is 4.90 Å². The highest BCUT2D eigenvalue weighted by Gasteiger charge is 2.38. The Morgan fingerprint density at radius 2 is 1.75 bits per heavy atom. The minimum atomic E-state index is -4.92. The van der Waals surface area contributed by atoms with E-state index in [0.29, 0.717) is 0 Å². The van der Waals surface area contributed by atoms with Crippen molar-refractivity contribution in [2.75, 3.05) is 0 Å². The molecule has 1 aromatic heterocycles. The lowest BCUT2D eigenvalue weighted by Gasteiger charge is -2.18. The predicted octanol–water partition coefficient (Wildman–Crippen LogP) is 3.11. The van der Waals surface area contributed by atoms with Gasteiger partial charge in [0.15, 0.2) is 0 Å². The van der Waals surface area contributed by atoms with E-state index in [1.54, 1.807) is 0 Å². The molecule has 146 valence electrons. The zero-order valence-corrected chi connectivity index (χ0v) is 14.6. The van der Waals surface area contributed by atoms with Crippen molar-refractivity contribution >= 4 is 15.7 Å². The summed E-state index contributed by atoms with van der Waals surface area (Å²) in [6.07, 6.45) is -2.57. The lowest BCUT2D eigenvalue weighted by Crippen LogP contribution is -2.20. The molecule has 0 saturated heterocycles. The maximum absolute atomic E-state index is 13.7. The van der Waals surface area contributed by atoms with Crippen LogP contribution in [0.3, 0.4) is 0 Å². The Hall–Kier alpha value is -3.25. The van der Waals surface area contributed by atoms with Gasteiger partial charge in [-0.05, 0) is 41.5 Å². The Labute approximate surface area is 156 Å². The van der Waals surface area contributed by atoms with E-state index in [1.807, 2.05) is 0 Å². The molecule has 0 fully saturated rings. The number of rotatable bonds is 4. The molecule has 0 bridgehead atoms. The SMILES string of the molecule is NS(=O)(=O)c1cc(-c2ccc([N+](=O)[O-])cc2)cc(C(F)(F)F)c1-n1cccn1. The summed E-state index contributed by atoms with van der Waals surface area (Å²) in [5, 5.41) is 19.6. The molecule has 2 N–H and O–H groups in total. The lowest BCUT2D eigenvalue weighted by molar-refractivity contribution is -0.384. The van der Waals surface area contributed by atoms with Crippen LogP contribution in [0.2, 0.25) is 0 Å². The second-order valence-electron chi connectivity index (χ2n) is 5.67. The van der Waals surface area contributed by atoms with E-state index in [2.05, 4.69) is 5.10 Å². The van der Waals surface area contributed by atoms with Gasteiger partial charge in [-0.15, -0.1) is 0 Å². The van der Waals surface area contributed by atoms with E-state index < -0.39 is 37.3 Å². The molecule has 2 aromatic carbocycles. The number of non-ortho nitro benzene ring substituents is 1. The standard InChI is InChI=1S/C16H11F3N4O4S/c17-16(18,19)13-8-11(10-2-4-12(5-3-10)23(24)25)9-14(28(20,26)27)15(13)22-7-1-6-21-22/h1-9H,(H2,20,26,27). The van der Waals surface area contributed by atoms with Crippen LogP contribution >= 0.6 is 0 Å². The number of primary sulfonamides is 1. The molecule has 0 spiro atoms. The smallest absolute Gasteiger partial charge is 0.258 e. The molecular weight excluding hydrogens is 401 g/mol. The molecule has 0 unspecified atom stereocenters. The van der Waals surface area contributed by atoms with Gasteiger partial charge in [-0.3, -0.25) is 10.1 Å². The van der Waals surface area contributed by atoms with E-state index in [0.717, 1.165) is 35.1 Å². The second-order valence-corrected chi connectivity index (χ2v) is 7.20. The summed E-state index contributed by atoms with van der Waals surface area (Å²) < 4.78 is 66.0. The Morgan fingerprint density at radius 1 is 1.11 bits per heavy atom. The minimum absolute atomic E-state index is 0.123. The quantitative estimate of drug-likeness (QED) is 0.521. The van der Waals surface area contributed by atoms with Crippen LogP contribution in [0.5, 0.6) is 0 Å². The number of aromatic nitrogens is 2. The summed E-state index contributed by atoms with van der Waals surface area (Å²) in [5.41, 5.74) is -2.24. The predicted molar refractivity (Wildman–Crippen MR) is 92.0 cm³/mol. The normalized spacial score (nSPS) is 12.1. The largest absolute Gasteiger partial charge is 0.418 e. The first-order valence-corrected chi connectivity index (χ1v) is 9.06. The highest BCUT2D eigenvalue weighted by molar-refractivity contribution is 7.89. The number of hydrogen-bond acceptors (Lipinski definition) is 5. The summed E-state index contributed by atoms with van der Waals surface area (Å²) in [6.45, 7) is 0. The zero-order valence-electron chi connectivity index (χ0n) is 13.8. The van der Waals surface area contributed by atoms with Gasteiger partial charge in [0, 0.05) is 24.5 Å². The molecule has 0 aliphatic carbocycles. The van der Waals surface area contributed by atoms with E-state index in [1.165, 1.54) is 24.4 Å². The number of alkyl halides is 3. The van der Waals surface area contributed by atoms with Crippen LogP contribution in [0.25, 0.3) is 16.8 Å². The van der Waals surface area contributed by atoms with Gasteiger partial charge >= 0.3 is 6.18 Å². The fraction of sp³-hybridized carbons (Fsp3) is 0.0625. The lowest BCUT2D eigenvalue weighted by atomic mass is 10.0. The van der Waals surface area contributed by atoms with Crippen molar-refractivity contribution in [1.82, 2.24) is 9.78 Å². The third-order valence-electron chi connectivity index (χ3n) is 3.83. The molecule has 3 aromatic rings. The van der Waals surface area contributed by atoms with Crippen molar-refractivity contribution in [3.63, 3.8) is 0 Å². The number of nitro groups is 1. The van der Waals surface area contributed by atoms with Crippen molar-refractivity contribution in [2.45, 2.75) is 11.1 Å². The molecule has 12 heteroatoms. The van der Waals surface area contributed by atoms with E-state index >= 15 is 0 Å². The van der Waals surface area contributed by atoms with Crippen LogP contribution in [0.1, 0.15) is 5.56 Å². The molecular formula is C16H11F3N4O4S. The van der Waals surface area contributed by atoms with Crippen LogP contribution in [-0.2, 0) is 16.2 Å². The Balaban J connectivity index is 2.34. The summed E-state index contributed by atoms with van der Waals surface area (Å²) in [7, 11) is -4.56. The first-order valence-electron chi connectivity index (χ1n) is 7.51. The van der Waals surface area contributed by atoms with Crippen molar-refractivity contribution in [1.29, 1.82) is 0 Å². The fourth-order valence-electron chi connectivity index (χ4n) is 2.62. The molecule has 0 amide bonds. The van der Waals surface area contributed by atoms with Crippen LogP contribution in [0, 0.1) is 10.1 Å². The second kappa shape index (κ2) is 6.73. The van der Waals surface area contributed by atoms with Gasteiger partial charge in [-0.2, -0.15) is 18.3 Å². The number of nitrogens with two attached hydrogens (primary N) is 1. The van der Waals surface area contributed by atoms with Crippen LogP contribution in [-0.4, -0.2) is 23.1 Å². The van der Waals surface area contributed by atoms with Gasteiger partial charge in [0.2, 0.25) is 10.0 Å². The zero-order chi connectivity index (χ0) is 20.7. The van der Waals surface area contributed by atoms with E-state index in [9.17, 15) is 31.7 Å². The maximum Gasteiger partial charge on any atom is 0.418 e. The Bertz CT molecular complexity index is 1140. The Kier molecular flexibility index (Phi) is 4.69. The third-order valence-corrected chi connectivity index (χ3v) is 4.76. The van der Waals surface area contributed by atoms with Gasteiger partial charge in [0.25, 0.3) is 5.69 Å². The van der Waals surface area contributed by atoms with Crippen molar-refractivity contribution in [3.8, 4) is 16.8 Å². The van der Waals surface area contributed by atoms with Gasteiger partial charge < -0.3 is 0 Å². The van der Waals surface area contributed by atoms with Crippen molar-refractivity contribution in [3.05, 3.63) is 70.5 Å². The number of benzene rings is 2. The average molecular weight is 412 g/mol. The van der Waals surface area contributed by atoms with Crippen molar-refractivity contribution in [2.24, 2.45) is 5.14 Å². The van der Waals surface area contributed by atoms with Crippen LogP contribution < -0.4 is 5.14 Å². The monoisotopic (exact) mass is 412 g/mol. The van der Waals surface area contributed by atoms with Crippen molar-refractivity contribution < 1.29 is 26.5 Å². The Morgan fingerprint density at radius 3 is 2.21 bits per heavy atom. The molecule has 3 rings (SSSR count). The molecule has 28 heavy (non-hydrogen) atoms. The average Bonchev–Trinajstić information content (AvgIpc) is 3.13. The third kappa shape index (κ3) is 3.73. The number of halogens is 3. The number of nitro benzene ring substituents is 1. The summed E-state index contributed by atoms with van der Waals surface area (Å²) in [6, 6.07) is 7.68. The number of hydrogen-bond donors (Lipinski definition) is 1. The highest BCUT2D eigenvalue weighted by Crippen LogP contribution is 2.40. The first-order chi connectivity index (χ1) is 13.0. The van der Waals surface area contributed by atoms with Gasteiger partial charge in [0.05, 0.1) is 16.2 Å².